The minimum Gasteiger partial charge on any atom is -0.450 e. The monoisotopic (exact) mass is 263 g/mol. The molecule has 0 saturated heterocycles. The topological polar surface area (TPSA) is 63.2 Å². The second kappa shape index (κ2) is 6.97. The van der Waals surface area contributed by atoms with Crippen LogP contribution in [0.3, 0.4) is 0 Å². The molecule has 5 nitrogen and oxygen atoms in total. The molecule has 2 rings (SSSR count). The van der Waals surface area contributed by atoms with Gasteiger partial charge in [-0.2, -0.15) is 0 Å². The van der Waals surface area contributed by atoms with Crippen molar-refractivity contribution >= 4 is 17.6 Å². The van der Waals surface area contributed by atoms with Crippen LogP contribution in [0.1, 0.15) is 39.0 Å². The van der Waals surface area contributed by atoms with Gasteiger partial charge in [-0.25, -0.2) is 9.78 Å². The largest absolute Gasteiger partial charge is 0.450 e. The van der Waals surface area contributed by atoms with Crippen LogP contribution in [-0.2, 0) is 4.74 Å². The quantitative estimate of drug-likeness (QED) is 0.874. The van der Waals surface area contributed by atoms with Gasteiger partial charge in [0.1, 0.15) is 5.82 Å². The lowest BCUT2D eigenvalue weighted by Crippen LogP contribution is -2.22. The Balaban J connectivity index is 1.85. The average molecular weight is 263 g/mol. The Bertz CT molecular complexity index is 400. The van der Waals surface area contributed by atoms with E-state index in [1.54, 1.807) is 13.1 Å². The van der Waals surface area contributed by atoms with E-state index in [-0.39, 0.29) is 0 Å². The Morgan fingerprint density at radius 3 is 2.79 bits per heavy atom. The molecule has 1 aliphatic carbocycles. The van der Waals surface area contributed by atoms with Crippen molar-refractivity contribution in [3.8, 4) is 0 Å². The number of ether oxygens (including phenoxy) is 1. The summed E-state index contributed by atoms with van der Waals surface area (Å²) in [6.07, 6.45) is 7.54. The molecular formula is C14H21N3O2. The molecule has 0 spiro atoms. The fourth-order valence-corrected chi connectivity index (χ4v) is 2.29. The molecule has 0 bridgehead atoms. The van der Waals surface area contributed by atoms with Crippen LogP contribution in [0.25, 0.3) is 0 Å². The van der Waals surface area contributed by atoms with E-state index in [0.29, 0.717) is 18.3 Å². The maximum absolute atomic E-state index is 11.2. The standard InChI is InChI=1S/C14H21N3O2/c1-2-19-14(18)17-12-8-9-13(15-10-12)16-11-6-4-3-5-7-11/h8-11H,2-7H2,1H3,(H,15,16)(H,17,18). The van der Waals surface area contributed by atoms with Gasteiger partial charge < -0.3 is 10.1 Å². The maximum Gasteiger partial charge on any atom is 0.411 e. The molecule has 0 aliphatic heterocycles. The van der Waals surface area contributed by atoms with Crippen molar-refractivity contribution in [2.75, 3.05) is 17.2 Å². The minimum absolute atomic E-state index is 0.362. The van der Waals surface area contributed by atoms with Crippen LogP contribution in [0.4, 0.5) is 16.3 Å². The molecule has 1 saturated carbocycles. The van der Waals surface area contributed by atoms with Gasteiger partial charge in [0, 0.05) is 6.04 Å². The van der Waals surface area contributed by atoms with E-state index in [0.717, 1.165) is 5.82 Å². The first kappa shape index (κ1) is 13.6. The number of nitrogens with one attached hydrogen (secondary N) is 2. The summed E-state index contributed by atoms with van der Waals surface area (Å²) in [6.45, 7) is 2.13. The van der Waals surface area contributed by atoms with Gasteiger partial charge in [-0.05, 0) is 31.9 Å². The van der Waals surface area contributed by atoms with Crippen LogP contribution >= 0.6 is 0 Å². The second-order valence-corrected chi connectivity index (χ2v) is 4.76. The van der Waals surface area contributed by atoms with Gasteiger partial charge in [-0.3, -0.25) is 5.32 Å². The summed E-state index contributed by atoms with van der Waals surface area (Å²) < 4.78 is 4.80. The predicted octanol–water partition coefficient (Wildman–Crippen LogP) is 3.39. The van der Waals surface area contributed by atoms with Crippen molar-refractivity contribution < 1.29 is 9.53 Å². The number of carbonyl (C=O) groups is 1. The van der Waals surface area contributed by atoms with E-state index >= 15 is 0 Å². The summed E-state index contributed by atoms with van der Waals surface area (Å²) in [5.41, 5.74) is 0.646. The average Bonchev–Trinajstić information content (AvgIpc) is 2.42. The molecule has 2 N–H and O–H groups in total. The van der Waals surface area contributed by atoms with E-state index in [4.69, 9.17) is 4.74 Å². The molecule has 5 heteroatoms. The van der Waals surface area contributed by atoms with Gasteiger partial charge >= 0.3 is 6.09 Å². The van der Waals surface area contributed by atoms with Crippen LogP contribution in [0, 0.1) is 0 Å². The van der Waals surface area contributed by atoms with Crippen LogP contribution in [-0.4, -0.2) is 23.7 Å². The fourth-order valence-electron chi connectivity index (χ4n) is 2.29. The number of carbonyl (C=O) groups excluding carboxylic acids is 1. The highest BCUT2D eigenvalue weighted by Crippen LogP contribution is 2.21. The number of anilines is 2. The van der Waals surface area contributed by atoms with Crippen molar-refractivity contribution in [1.29, 1.82) is 0 Å². The Morgan fingerprint density at radius 1 is 1.37 bits per heavy atom. The first-order valence-corrected chi connectivity index (χ1v) is 6.94. The lowest BCUT2D eigenvalue weighted by atomic mass is 9.95. The zero-order chi connectivity index (χ0) is 13.5. The van der Waals surface area contributed by atoms with Gasteiger partial charge in [0.2, 0.25) is 0 Å². The highest BCUT2D eigenvalue weighted by atomic mass is 16.5. The molecular weight excluding hydrogens is 242 g/mol. The molecule has 19 heavy (non-hydrogen) atoms. The van der Waals surface area contributed by atoms with Crippen molar-refractivity contribution in [3.63, 3.8) is 0 Å². The van der Waals surface area contributed by atoms with Gasteiger partial charge in [0.25, 0.3) is 0 Å². The number of aromatic nitrogens is 1. The molecule has 1 fully saturated rings. The normalized spacial score (nSPS) is 15.8. The third-order valence-corrected chi connectivity index (χ3v) is 3.24. The van der Waals surface area contributed by atoms with Crippen molar-refractivity contribution in [2.24, 2.45) is 0 Å². The number of amides is 1. The summed E-state index contributed by atoms with van der Waals surface area (Å²) >= 11 is 0. The van der Waals surface area contributed by atoms with E-state index in [9.17, 15) is 4.79 Å². The van der Waals surface area contributed by atoms with Crippen molar-refractivity contribution in [2.45, 2.75) is 45.1 Å². The fraction of sp³-hybridized carbons (Fsp3) is 0.571. The van der Waals surface area contributed by atoms with Crippen LogP contribution in [0.5, 0.6) is 0 Å². The highest BCUT2D eigenvalue weighted by molar-refractivity contribution is 5.84. The number of rotatable bonds is 4. The summed E-state index contributed by atoms with van der Waals surface area (Å²) in [5, 5.41) is 6.05. The molecule has 0 unspecified atom stereocenters. The van der Waals surface area contributed by atoms with Gasteiger partial charge in [0.15, 0.2) is 0 Å². The number of nitrogens with zero attached hydrogens (tertiary/aromatic N) is 1. The molecule has 104 valence electrons. The highest BCUT2D eigenvalue weighted by Gasteiger charge is 2.13. The summed E-state index contributed by atoms with van der Waals surface area (Å²) in [5.74, 6) is 0.862. The van der Waals surface area contributed by atoms with E-state index in [2.05, 4.69) is 15.6 Å². The Labute approximate surface area is 113 Å². The summed E-state index contributed by atoms with van der Waals surface area (Å²) in [6, 6.07) is 4.25. The zero-order valence-corrected chi connectivity index (χ0v) is 11.3. The summed E-state index contributed by atoms with van der Waals surface area (Å²) in [4.78, 5) is 15.5. The molecule has 1 heterocycles. The Morgan fingerprint density at radius 2 is 2.16 bits per heavy atom. The molecule has 0 aromatic carbocycles. The number of pyridine rings is 1. The first-order valence-electron chi connectivity index (χ1n) is 6.94. The smallest absolute Gasteiger partial charge is 0.411 e. The first-order chi connectivity index (χ1) is 9.28. The van der Waals surface area contributed by atoms with Crippen molar-refractivity contribution in [1.82, 2.24) is 4.98 Å². The number of hydrogen-bond donors (Lipinski definition) is 2. The van der Waals surface area contributed by atoms with Crippen LogP contribution in [0.15, 0.2) is 18.3 Å². The SMILES string of the molecule is CCOC(=O)Nc1ccc(NC2CCCCC2)nc1. The van der Waals surface area contributed by atoms with Crippen LogP contribution < -0.4 is 10.6 Å². The molecule has 0 atom stereocenters. The zero-order valence-electron chi connectivity index (χ0n) is 11.3. The van der Waals surface area contributed by atoms with Gasteiger partial charge in [-0.1, -0.05) is 19.3 Å². The lowest BCUT2D eigenvalue weighted by Gasteiger charge is -2.23. The van der Waals surface area contributed by atoms with Gasteiger partial charge in [-0.15, -0.1) is 0 Å². The molecule has 1 aliphatic rings. The Kier molecular flexibility index (Phi) is 5.01. The molecule has 1 amide bonds. The maximum atomic E-state index is 11.2. The van der Waals surface area contributed by atoms with E-state index < -0.39 is 6.09 Å². The van der Waals surface area contributed by atoms with Gasteiger partial charge in [0.05, 0.1) is 18.5 Å². The molecule has 1 aromatic rings. The second-order valence-electron chi connectivity index (χ2n) is 4.76. The summed E-state index contributed by atoms with van der Waals surface area (Å²) in [7, 11) is 0. The Hall–Kier alpha value is -1.78. The van der Waals surface area contributed by atoms with Crippen molar-refractivity contribution in [3.05, 3.63) is 18.3 Å². The number of hydrogen-bond acceptors (Lipinski definition) is 4. The predicted molar refractivity (Wildman–Crippen MR) is 75.4 cm³/mol. The van der Waals surface area contributed by atoms with E-state index in [1.807, 2.05) is 12.1 Å². The molecule has 0 radical (unpaired) electrons. The minimum atomic E-state index is -0.447. The van der Waals surface area contributed by atoms with E-state index in [1.165, 1.54) is 32.1 Å². The third-order valence-electron chi connectivity index (χ3n) is 3.24. The third kappa shape index (κ3) is 4.43. The lowest BCUT2D eigenvalue weighted by molar-refractivity contribution is 0.168. The molecule has 1 aromatic heterocycles. The van der Waals surface area contributed by atoms with Crippen LogP contribution in [0.2, 0.25) is 0 Å².